The Bertz CT molecular complexity index is 414. The fraction of sp³-hybridized carbons (Fsp3) is 0.500. The second-order valence-corrected chi connectivity index (χ2v) is 5.54. The molecule has 0 aromatic heterocycles. The largest absolute Gasteiger partial charge is 0.340 e. The van der Waals surface area contributed by atoms with Crippen molar-refractivity contribution in [2.75, 3.05) is 32.7 Å². The van der Waals surface area contributed by atoms with Gasteiger partial charge in [-0.3, -0.25) is 4.79 Å². The Labute approximate surface area is 117 Å². The van der Waals surface area contributed by atoms with Crippen LogP contribution in [0.5, 0.6) is 0 Å². The summed E-state index contributed by atoms with van der Waals surface area (Å²) in [6, 6.07) is 7.97. The van der Waals surface area contributed by atoms with Gasteiger partial charge in [0.1, 0.15) is 0 Å². The number of halogens is 1. The van der Waals surface area contributed by atoms with Gasteiger partial charge in [-0.05, 0) is 24.2 Å². The molecule has 1 aliphatic heterocycles. The second-order valence-electron chi connectivity index (χ2n) is 4.62. The summed E-state index contributed by atoms with van der Waals surface area (Å²) in [5, 5.41) is 0. The van der Waals surface area contributed by atoms with E-state index in [1.807, 2.05) is 29.2 Å². The number of amides is 1. The molecule has 18 heavy (non-hydrogen) atoms. The van der Waals surface area contributed by atoms with Crippen molar-refractivity contribution in [3.8, 4) is 0 Å². The molecule has 2 rings (SSSR count). The van der Waals surface area contributed by atoms with Gasteiger partial charge in [0.2, 0.25) is 5.91 Å². The smallest absolute Gasteiger partial charge is 0.227 e. The van der Waals surface area contributed by atoms with Crippen LogP contribution in [-0.4, -0.2) is 48.4 Å². The number of carbonyl (C=O) groups is 1. The number of rotatable bonds is 3. The summed E-state index contributed by atoms with van der Waals surface area (Å²) in [5.74, 6) is 0.240. The molecule has 1 fully saturated rings. The van der Waals surface area contributed by atoms with E-state index in [2.05, 4.69) is 27.8 Å². The van der Waals surface area contributed by atoms with Gasteiger partial charge in [-0.25, -0.2) is 0 Å². The molecule has 0 radical (unpaired) electrons. The maximum atomic E-state index is 12.2. The Morgan fingerprint density at radius 3 is 2.61 bits per heavy atom. The molecule has 1 aromatic rings. The quantitative estimate of drug-likeness (QED) is 0.854. The molecule has 3 nitrogen and oxygen atoms in total. The third-order valence-corrected chi connectivity index (χ3v) is 3.91. The van der Waals surface area contributed by atoms with Crippen molar-refractivity contribution < 1.29 is 4.79 Å². The maximum Gasteiger partial charge on any atom is 0.227 e. The van der Waals surface area contributed by atoms with E-state index in [1.165, 1.54) is 0 Å². The summed E-state index contributed by atoms with van der Waals surface area (Å²) in [6.07, 6.45) is 0.506. The molecule has 1 aromatic carbocycles. The molecule has 0 aliphatic carbocycles. The van der Waals surface area contributed by atoms with Crippen LogP contribution in [0.4, 0.5) is 0 Å². The van der Waals surface area contributed by atoms with Crippen molar-refractivity contribution in [3.63, 3.8) is 0 Å². The Balaban J connectivity index is 1.89. The number of carbonyl (C=O) groups excluding carboxylic acids is 1. The lowest BCUT2D eigenvalue weighted by atomic mass is 10.1. The Morgan fingerprint density at radius 1 is 1.28 bits per heavy atom. The van der Waals surface area contributed by atoms with Crippen LogP contribution in [-0.2, 0) is 11.2 Å². The van der Waals surface area contributed by atoms with Gasteiger partial charge in [-0.15, -0.1) is 0 Å². The number of hydrogen-bond acceptors (Lipinski definition) is 2. The molecule has 98 valence electrons. The van der Waals surface area contributed by atoms with Crippen LogP contribution in [0.1, 0.15) is 12.5 Å². The molecule has 0 spiro atoms. The lowest BCUT2D eigenvalue weighted by Gasteiger charge is -2.34. The molecule has 0 N–H and O–H groups in total. The Morgan fingerprint density at radius 2 is 2.00 bits per heavy atom. The summed E-state index contributed by atoms with van der Waals surface area (Å²) < 4.78 is 1.03. The van der Waals surface area contributed by atoms with E-state index >= 15 is 0 Å². The SMILES string of the molecule is CCN1CCN(C(=O)Cc2cccc(Br)c2)CC1. The summed E-state index contributed by atoms with van der Waals surface area (Å²) >= 11 is 3.43. The van der Waals surface area contributed by atoms with Crippen molar-refractivity contribution in [2.45, 2.75) is 13.3 Å². The zero-order valence-electron chi connectivity index (χ0n) is 10.7. The molecule has 1 amide bonds. The monoisotopic (exact) mass is 310 g/mol. The van der Waals surface area contributed by atoms with Crippen LogP contribution in [0.3, 0.4) is 0 Å². The number of likely N-dealkylation sites (N-methyl/N-ethyl adjacent to an activating group) is 1. The van der Waals surface area contributed by atoms with Gasteiger partial charge < -0.3 is 9.80 Å². The molecule has 1 heterocycles. The van der Waals surface area contributed by atoms with E-state index in [9.17, 15) is 4.79 Å². The predicted octanol–water partition coefficient (Wildman–Crippen LogP) is 2.16. The lowest BCUT2D eigenvalue weighted by Crippen LogP contribution is -2.48. The highest BCUT2D eigenvalue weighted by molar-refractivity contribution is 9.10. The number of nitrogens with zero attached hydrogens (tertiary/aromatic N) is 2. The summed E-state index contributed by atoms with van der Waals surface area (Å²) in [7, 11) is 0. The first-order chi connectivity index (χ1) is 8.69. The molecule has 0 saturated carbocycles. The average Bonchev–Trinajstić information content (AvgIpc) is 2.39. The Hall–Kier alpha value is -0.870. The molecule has 1 aliphatic rings. The van der Waals surface area contributed by atoms with Crippen molar-refractivity contribution in [1.29, 1.82) is 0 Å². The maximum absolute atomic E-state index is 12.2. The van der Waals surface area contributed by atoms with Crippen LogP contribution in [0.15, 0.2) is 28.7 Å². The second kappa shape index (κ2) is 6.34. The van der Waals surface area contributed by atoms with Crippen LogP contribution in [0.25, 0.3) is 0 Å². The Kier molecular flexibility index (Phi) is 4.78. The van der Waals surface area contributed by atoms with E-state index < -0.39 is 0 Å². The minimum atomic E-state index is 0.240. The number of hydrogen-bond donors (Lipinski definition) is 0. The predicted molar refractivity (Wildman–Crippen MR) is 76.5 cm³/mol. The number of benzene rings is 1. The van der Waals surface area contributed by atoms with Crippen LogP contribution in [0, 0.1) is 0 Å². The molecule has 0 bridgehead atoms. The van der Waals surface area contributed by atoms with Gasteiger partial charge in [0.25, 0.3) is 0 Å². The van der Waals surface area contributed by atoms with E-state index in [-0.39, 0.29) is 5.91 Å². The third kappa shape index (κ3) is 3.56. The van der Waals surface area contributed by atoms with Crippen molar-refractivity contribution in [3.05, 3.63) is 34.3 Å². The topological polar surface area (TPSA) is 23.6 Å². The summed E-state index contributed by atoms with van der Waals surface area (Å²) in [6.45, 7) is 6.97. The van der Waals surface area contributed by atoms with Crippen LogP contribution < -0.4 is 0 Å². The van der Waals surface area contributed by atoms with Crippen molar-refractivity contribution in [2.24, 2.45) is 0 Å². The van der Waals surface area contributed by atoms with Gasteiger partial charge in [-0.1, -0.05) is 35.0 Å². The molecule has 0 unspecified atom stereocenters. The molecular weight excluding hydrogens is 292 g/mol. The summed E-state index contributed by atoms with van der Waals surface area (Å²) in [4.78, 5) is 16.5. The first kappa shape index (κ1) is 13.6. The molecule has 0 atom stereocenters. The standard InChI is InChI=1S/C14H19BrN2O/c1-2-16-6-8-17(9-7-16)14(18)11-12-4-3-5-13(15)10-12/h3-5,10H,2,6-9,11H2,1H3. The molecular formula is C14H19BrN2O. The van der Waals surface area contributed by atoms with Gasteiger partial charge in [0, 0.05) is 30.7 Å². The minimum absolute atomic E-state index is 0.240. The summed E-state index contributed by atoms with van der Waals surface area (Å²) in [5.41, 5.74) is 1.08. The third-order valence-electron chi connectivity index (χ3n) is 3.42. The highest BCUT2D eigenvalue weighted by atomic mass is 79.9. The molecule has 4 heteroatoms. The normalized spacial score (nSPS) is 16.9. The fourth-order valence-electron chi connectivity index (χ4n) is 2.25. The van der Waals surface area contributed by atoms with Crippen LogP contribution >= 0.6 is 15.9 Å². The van der Waals surface area contributed by atoms with Gasteiger partial charge in [-0.2, -0.15) is 0 Å². The highest BCUT2D eigenvalue weighted by Gasteiger charge is 2.19. The average molecular weight is 311 g/mol. The van der Waals surface area contributed by atoms with Crippen molar-refractivity contribution in [1.82, 2.24) is 9.80 Å². The first-order valence-corrected chi connectivity index (χ1v) is 7.23. The van der Waals surface area contributed by atoms with Crippen molar-refractivity contribution >= 4 is 21.8 Å². The highest BCUT2D eigenvalue weighted by Crippen LogP contribution is 2.13. The first-order valence-electron chi connectivity index (χ1n) is 6.43. The van der Waals surface area contributed by atoms with E-state index in [1.54, 1.807) is 0 Å². The fourth-order valence-corrected chi connectivity index (χ4v) is 2.69. The zero-order valence-corrected chi connectivity index (χ0v) is 12.3. The minimum Gasteiger partial charge on any atom is -0.340 e. The van der Waals surface area contributed by atoms with E-state index in [4.69, 9.17) is 0 Å². The zero-order chi connectivity index (χ0) is 13.0. The van der Waals surface area contributed by atoms with E-state index in [0.717, 1.165) is 42.8 Å². The lowest BCUT2D eigenvalue weighted by molar-refractivity contribution is -0.132. The van der Waals surface area contributed by atoms with E-state index in [0.29, 0.717) is 6.42 Å². The van der Waals surface area contributed by atoms with Crippen LogP contribution in [0.2, 0.25) is 0 Å². The molecule has 1 saturated heterocycles. The van der Waals surface area contributed by atoms with Gasteiger partial charge in [0.15, 0.2) is 0 Å². The van der Waals surface area contributed by atoms with Gasteiger partial charge in [0.05, 0.1) is 6.42 Å². The number of piperazine rings is 1. The van der Waals surface area contributed by atoms with Gasteiger partial charge >= 0.3 is 0 Å².